The molecule has 2 aromatic rings. The number of rotatable bonds is 10. The molecular formula is C17H25N5O4S2. The third kappa shape index (κ3) is 5.69. The van der Waals surface area contributed by atoms with Gasteiger partial charge in [0.15, 0.2) is 0 Å². The first kappa shape index (κ1) is 22.2. The maximum absolute atomic E-state index is 13.0. The van der Waals surface area contributed by atoms with Crippen LogP contribution in [0.15, 0.2) is 28.3 Å². The lowest BCUT2D eigenvalue weighted by Gasteiger charge is -2.21. The number of amides is 1. The summed E-state index contributed by atoms with van der Waals surface area (Å²) in [5.41, 5.74) is 0.791. The molecule has 0 saturated heterocycles. The number of hydrogen-bond donors (Lipinski definition) is 2. The number of aromatic nitrogens is 3. The zero-order chi connectivity index (χ0) is 20.7. The summed E-state index contributed by atoms with van der Waals surface area (Å²) >= 11 is 1.40. The van der Waals surface area contributed by atoms with E-state index in [4.69, 9.17) is 4.74 Å². The number of aromatic amines is 1. The Morgan fingerprint density at radius 3 is 2.71 bits per heavy atom. The van der Waals surface area contributed by atoms with Crippen LogP contribution in [0.25, 0.3) is 0 Å². The van der Waals surface area contributed by atoms with Crippen LogP contribution in [0.5, 0.6) is 5.75 Å². The predicted octanol–water partition coefficient (Wildman–Crippen LogP) is 1.35. The zero-order valence-corrected chi connectivity index (χ0v) is 18.0. The Labute approximate surface area is 169 Å². The van der Waals surface area contributed by atoms with Crippen LogP contribution in [-0.4, -0.2) is 66.3 Å². The largest absolute Gasteiger partial charge is 0.495 e. The molecule has 0 aliphatic heterocycles. The second-order valence-electron chi connectivity index (χ2n) is 5.99. The second-order valence-corrected chi connectivity index (χ2v) is 8.96. The Hall–Kier alpha value is -2.11. The standard InChI is InChI=1S/C17H25N5O4S2/c1-5-22(28(24,25)15-10-12(2)6-7-14(15)26-4)11-16(23)18-8-9-27-17-19-13(3)20-21-17/h6-7,10H,5,8-9,11H2,1-4H3,(H,18,23)(H,19,20,21). The number of H-pyrrole nitrogens is 1. The minimum atomic E-state index is -3.86. The van der Waals surface area contributed by atoms with Crippen LogP contribution in [0, 0.1) is 13.8 Å². The first-order chi connectivity index (χ1) is 13.3. The third-order valence-electron chi connectivity index (χ3n) is 3.84. The first-order valence-corrected chi connectivity index (χ1v) is 11.1. The van der Waals surface area contributed by atoms with Gasteiger partial charge in [0.1, 0.15) is 16.5 Å². The highest BCUT2D eigenvalue weighted by atomic mass is 32.2. The van der Waals surface area contributed by atoms with Crippen molar-refractivity contribution < 1.29 is 17.9 Å². The number of benzene rings is 1. The van der Waals surface area contributed by atoms with Crippen molar-refractivity contribution in [3.05, 3.63) is 29.6 Å². The number of nitrogens with zero attached hydrogens (tertiary/aromatic N) is 3. The maximum Gasteiger partial charge on any atom is 0.247 e. The highest BCUT2D eigenvalue weighted by Crippen LogP contribution is 2.27. The molecule has 1 aromatic heterocycles. The quantitative estimate of drug-likeness (QED) is 0.434. The second kappa shape index (κ2) is 9.89. The number of methoxy groups -OCH3 is 1. The number of ether oxygens (including phenoxy) is 1. The van der Waals surface area contributed by atoms with Crippen molar-refractivity contribution in [3.63, 3.8) is 0 Å². The maximum atomic E-state index is 13.0. The van der Waals surface area contributed by atoms with Crippen molar-refractivity contribution in [2.45, 2.75) is 30.8 Å². The topological polar surface area (TPSA) is 117 Å². The summed E-state index contributed by atoms with van der Waals surface area (Å²) in [6.45, 7) is 5.58. The normalized spacial score (nSPS) is 11.6. The molecule has 0 spiro atoms. The number of aryl methyl sites for hydroxylation is 2. The van der Waals surface area contributed by atoms with E-state index < -0.39 is 10.0 Å². The zero-order valence-electron chi connectivity index (χ0n) is 16.4. The van der Waals surface area contributed by atoms with E-state index in [1.807, 2.05) is 6.92 Å². The molecule has 0 bridgehead atoms. The number of thioether (sulfide) groups is 1. The fourth-order valence-corrected chi connectivity index (χ4v) is 4.77. The fraction of sp³-hybridized carbons (Fsp3) is 0.471. The highest BCUT2D eigenvalue weighted by molar-refractivity contribution is 7.99. The molecule has 2 N–H and O–H groups in total. The van der Waals surface area contributed by atoms with Crippen LogP contribution in [0.1, 0.15) is 18.3 Å². The van der Waals surface area contributed by atoms with Gasteiger partial charge in [-0.05, 0) is 31.5 Å². The Balaban J connectivity index is 1.96. The molecule has 1 heterocycles. The molecule has 28 heavy (non-hydrogen) atoms. The summed E-state index contributed by atoms with van der Waals surface area (Å²) in [5.74, 6) is 1.18. The van der Waals surface area contributed by atoms with Crippen LogP contribution in [0.3, 0.4) is 0 Å². The van der Waals surface area contributed by atoms with Gasteiger partial charge >= 0.3 is 0 Å². The number of carbonyl (C=O) groups is 1. The van der Waals surface area contributed by atoms with Gasteiger partial charge in [-0.3, -0.25) is 9.89 Å². The van der Waals surface area contributed by atoms with E-state index in [1.54, 1.807) is 32.0 Å². The summed E-state index contributed by atoms with van der Waals surface area (Å²) in [6, 6.07) is 4.93. The Kier molecular flexibility index (Phi) is 7.84. The SMILES string of the molecule is CCN(CC(=O)NCCSc1n[nH]c(C)n1)S(=O)(=O)c1cc(C)ccc1OC. The molecule has 0 unspecified atom stereocenters. The Morgan fingerprint density at radius 1 is 1.36 bits per heavy atom. The Morgan fingerprint density at radius 2 is 2.11 bits per heavy atom. The lowest BCUT2D eigenvalue weighted by atomic mass is 10.2. The monoisotopic (exact) mass is 427 g/mol. The van der Waals surface area contributed by atoms with Gasteiger partial charge in [-0.1, -0.05) is 24.8 Å². The molecule has 154 valence electrons. The minimum Gasteiger partial charge on any atom is -0.495 e. The molecule has 0 saturated carbocycles. The molecule has 9 nitrogen and oxygen atoms in total. The summed E-state index contributed by atoms with van der Waals surface area (Å²) in [6.07, 6.45) is 0. The number of sulfonamides is 1. The van der Waals surface area contributed by atoms with Crippen LogP contribution in [-0.2, 0) is 14.8 Å². The third-order valence-corrected chi connectivity index (χ3v) is 6.63. The van der Waals surface area contributed by atoms with Crippen LogP contribution >= 0.6 is 11.8 Å². The van der Waals surface area contributed by atoms with Gasteiger partial charge < -0.3 is 10.1 Å². The van der Waals surface area contributed by atoms with Gasteiger partial charge in [0.2, 0.25) is 21.1 Å². The Bertz CT molecular complexity index is 914. The van der Waals surface area contributed by atoms with Gasteiger partial charge in [-0.2, -0.15) is 4.31 Å². The van der Waals surface area contributed by atoms with Gasteiger partial charge in [-0.25, -0.2) is 13.4 Å². The van der Waals surface area contributed by atoms with Gasteiger partial charge in [0.05, 0.1) is 13.7 Å². The summed E-state index contributed by atoms with van der Waals surface area (Å²) in [7, 11) is -2.45. The molecule has 2 rings (SSSR count). The first-order valence-electron chi connectivity index (χ1n) is 8.71. The highest BCUT2D eigenvalue weighted by Gasteiger charge is 2.28. The van der Waals surface area contributed by atoms with Crippen LogP contribution in [0.4, 0.5) is 0 Å². The van der Waals surface area contributed by atoms with E-state index in [2.05, 4.69) is 20.5 Å². The van der Waals surface area contributed by atoms with E-state index in [0.717, 1.165) is 15.7 Å². The van der Waals surface area contributed by atoms with Crippen molar-refractivity contribution in [2.24, 2.45) is 0 Å². The van der Waals surface area contributed by atoms with E-state index in [9.17, 15) is 13.2 Å². The smallest absolute Gasteiger partial charge is 0.247 e. The van der Waals surface area contributed by atoms with Crippen molar-refractivity contribution in [3.8, 4) is 5.75 Å². The van der Waals surface area contributed by atoms with Crippen molar-refractivity contribution in [1.29, 1.82) is 0 Å². The fourth-order valence-electron chi connectivity index (χ4n) is 2.43. The molecule has 0 aliphatic rings. The number of carbonyl (C=O) groups excluding carboxylic acids is 1. The van der Waals surface area contributed by atoms with Crippen molar-refractivity contribution >= 4 is 27.7 Å². The molecular weight excluding hydrogens is 402 g/mol. The minimum absolute atomic E-state index is 0.0557. The van der Waals surface area contributed by atoms with Gasteiger partial charge in [0, 0.05) is 18.8 Å². The molecule has 0 aliphatic carbocycles. The van der Waals surface area contributed by atoms with E-state index >= 15 is 0 Å². The van der Waals surface area contributed by atoms with E-state index in [-0.39, 0.29) is 29.6 Å². The molecule has 0 atom stereocenters. The predicted molar refractivity (Wildman–Crippen MR) is 107 cm³/mol. The summed E-state index contributed by atoms with van der Waals surface area (Å²) in [4.78, 5) is 16.5. The van der Waals surface area contributed by atoms with Crippen molar-refractivity contribution in [2.75, 3.05) is 32.5 Å². The molecule has 0 radical (unpaired) electrons. The average Bonchev–Trinajstić information content (AvgIpc) is 3.08. The van der Waals surface area contributed by atoms with E-state index in [0.29, 0.717) is 17.5 Å². The van der Waals surface area contributed by atoms with Crippen molar-refractivity contribution in [1.82, 2.24) is 24.8 Å². The molecule has 1 aromatic carbocycles. The summed E-state index contributed by atoms with van der Waals surface area (Å²) < 4.78 is 32.3. The molecule has 0 fully saturated rings. The van der Waals surface area contributed by atoms with Crippen LogP contribution in [0.2, 0.25) is 0 Å². The average molecular weight is 428 g/mol. The summed E-state index contributed by atoms with van der Waals surface area (Å²) in [5, 5.41) is 10.1. The van der Waals surface area contributed by atoms with Gasteiger partial charge in [-0.15, -0.1) is 5.10 Å². The lowest BCUT2D eigenvalue weighted by Crippen LogP contribution is -2.41. The molecule has 1 amide bonds. The molecule has 11 heteroatoms. The number of likely N-dealkylation sites (N-methyl/N-ethyl adjacent to an activating group) is 1. The number of nitrogens with one attached hydrogen (secondary N) is 2. The van der Waals surface area contributed by atoms with E-state index in [1.165, 1.54) is 18.9 Å². The van der Waals surface area contributed by atoms with Gasteiger partial charge in [0.25, 0.3) is 0 Å². The van der Waals surface area contributed by atoms with Crippen LogP contribution < -0.4 is 10.1 Å². The lowest BCUT2D eigenvalue weighted by molar-refractivity contribution is -0.121. The number of hydrogen-bond acceptors (Lipinski definition) is 7.